The number of rotatable bonds is 4. The molecule has 63 heavy (non-hydrogen) atoms. The molecule has 0 radical (unpaired) electrons. The summed E-state index contributed by atoms with van der Waals surface area (Å²) in [4.78, 5) is 0. The van der Waals surface area contributed by atoms with Crippen molar-refractivity contribution in [2.45, 2.75) is 5.41 Å². The van der Waals surface area contributed by atoms with Crippen molar-refractivity contribution < 1.29 is 8.83 Å². The average Bonchev–Trinajstić information content (AvgIpc) is 3.99. The zero-order chi connectivity index (χ0) is 41.2. The Balaban J connectivity index is 1.04. The molecule has 2 heterocycles. The van der Waals surface area contributed by atoms with Gasteiger partial charge >= 0.3 is 0 Å². The lowest BCUT2D eigenvalue weighted by Gasteiger charge is -2.34. The Bertz CT molecular complexity index is 3980. The van der Waals surface area contributed by atoms with E-state index in [1.165, 1.54) is 76.8 Å². The summed E-state index contributed by atoms with van der Waals surface area (Å²) < 4.78 is 13.0. The first-order valence-corrected chi connectivity index (χ1v) is 21.7. The Labute approximate surface area is 362 Å². The Morgan fingerprint density at radius 1 is 0.270 bits per heavy atom. The van der Waals surface area contributed by atoms with Crippen LogP contribution >= 0.6 is 0 Å². The predicted molar refractivity (Wildman–Crippen MR) is 262 cm³/mol. The number of hydrogen-bond donors (Lipinski definition) is 0. The molecule has 0 unspecified atom stereocenters. The van der Waals surface area contributed by atoms with E-state index in [4.69, 9.17) is 8.83 Å². The van der Waals surface area contributed by atoms with Crippen molar-refractivity contribution in [2.75, 3.05) is 0 Å². The molecule has 13 aromatic rings. The SMILES string of the molecule is c1ccc(C2(c3ccccc3)c3cc(-c4ccc5oc6cc7ccccc7cc6c5c4)ccc3-c3c2cc(-c2ccc4oc5cc6ccccc6cc5c4c2)c2ccccc32)cc1. The lowest BCUT2D eigenvalue weighted by molar-refractivity contribution is 0.669. The van der Waals surface area contributed by atoms with Crippen molar-refractivity contribution in [1.82, 2.24) is 0 Å². The largest absolute Gasteiger partial charge is 0.456 e. The number of hydrogen-bond acceptors (Lipinski definition) is 2. The van der Waals surface area contributed by atoms with Crippen molar-refractivity contribution in [3.05, 3.63) is 241 Å². The van der Waals surface area contributed by atoms with Crippen LogP contribution < -0.4 is 0 Å². The third-order valence-electron chi connectivity index (χ3n) is 13.9. The van der Waals surface area contributed by atoms with Crippen molar-refractivity contribution in [2.24, 2.45) is 0 Å². The molecule has 2 nitrogen and oxygen atoms in total. The summed E-state index contributed by atoms with van der Waals surface area (Å²) in [5.41, 5.74) is 15.3. The Hall–Kier alpha value is -8.20. The van der Waals surface area contributed by atoms with Crippen LogP contribution in [-0.2, 0) is 5.41 Å². The first kappa shape index (κ1) is 34.5. The van der Waals surface area contributed by atoms with Crippen LogP contribution in [0.2, 0.25) is 0 Å². The molecule has 0 bridgehead atoms. The summed E-state index contributed by atoms with van der Waals surface area (Å²) >= 11 is 0. The van der Waals surface area contributed by atoms with E-state index in [9.17, 15) is 0 Å². The molecular weight excluding hydrogens is 765 g/mol. The van der Waals surface area contributed by atoms with Gasteiger partial charge in [-0.3, -0.25) is 0 Å². The first-order chi connectivity index (χ1) is 31.2. The van der Waals surface area contributed by atoms with E-state index < -0.39 is 5.41 Å². The molecule has 0 amide bonds. The van der Waals surface area contributed by atoms with Crippen LogP contribution in [0.15, 0.2) is 227 Å². The van der Waals surface area contributed by atoms with Crippen LogP contribution in [0.3, 0.4) is 0 Å². The van der Waals surface area contributed by atoms with Crippen molar-refractivity contribution >= 4 is 76.2 Å². The minimum atomic E-state index is -0.612. The molecule has 0 N–H and O–H groups in total. The smallest absolute Gasteiger partial charge is 0.136 e. The van der Waals surface area contributed by atoms with Crippen LogP contribution in [0.5, 0.6) is 0 Å². The zero-order valence-corrected chi connectivity index (χ0v) is 34.1. The van der Waals surface area contributed by atoms with E-state index in [0.29, 0.717) is 0 Å². The van der Waals surface area contributed by atoms with Gasteiger partial charge in [-0.05, 0) is 149 Å². The summed E-state index contributed by atoms with van der Waals surface area (Å²) in [6.45, 7) is 0. The predicted octanol–water partition coefficient (Wildman–Crippen LogP) is 16.6. The number of benzene rings is 11. The highest BCUT2D eigenvalue weighted by atomic mass is 16.3. The average molecular weight is 801 g/mol. The molecule has 14 rings (SSSR count). The van der Waals surface area contributed by atoms with Gasteiger partial charge in [-0.1, -0.05) is 158 Å². The molecule has 1 aliphatic rings. The summed E-state index contributed by atoms with van der Waals surface area (Å²) in [7, 11) is 0. The van der Waals surface area contributed by atoms with Gasteiger partial charge in [0.15, 0.2) is 0 Å². The highest BCUT2D eigenvalue weighted by Crippen LogP contribution is 2.59. The van der Waals surface area contributed by atoms with Gasteiger partial charge in [-0.25, -0.2) is 0 Å². The molecule has 11 aromatic carbocycles. The second kappa shape index (κ2) is 12.9. The Kier molecular flexibility index (Phi) is 7.07. The second-order valence-electron chi connectivity index (χ2n) is 17.2. The maximum atomic E-state index is 6.50. The van der Waals surface area contributed by atoms with Gasteiger partial charge in [0, 0.05) is 21.5 Å². The van der Waals surface area contributed by atoms with Crippen molar-refractivity contribution in [1.29, 1.82) is 0 Å². The summed E-state index contributed by atoms with van der Waals surface area (Å²) in [5, 5.41) is 11.8. The lowest BCUT2D eigenvalue weighted by atomic mass is 9.67. The molecule has 0 atom stereocenters. The Morgan fingerprint density at radius 2 is 0.730 bits per heavy atom. The van der Waals surface area contributed by atoms with Gasteiger partial charge in [-0.2, -0.15) is 0 Å². The fourth-order valence-corrected chi connectivity index (χ4v) is 11.0. The molecule has 292 valence electrons. The van der Waals surface area contributed by atoms with E-state index >= 15 is 0 Å². The monoisotopic (exact) mass is 800 g/mol. The maximum absolute atomic E-state index is 6.50. The van der Waals surface area contributed by atoms with E-state index in [0.717, 1.165) is 55.0 Å². The third-order valence-corrected chi connectivity index (χ3v) is 13.9. The molecule has 2 aromatic heterocycles. The molecule has 2 heteroatoms. The molecule has 0 fully saturated rings. The van der Waals surface area contributed by atoms with E-state index in [1.807, 2.05) is 0 Å². The van der Waals surface area contributed by atoms with Crippen LogP contribution in [0, 0.1) is 0 Å². The third kappa shape index (κ3) is 4.89. The van der Waals surface area contributed by atoms with E-state index in [2.05, 4.69) is 218 Å². The van der Waals surface area contributed by atoms with Crippen LogP contribution in [0.1, 0.15) is 22.3 Å². The normalized spacial score (nSPS) is 13.2. The molecule has 0 aliphatic heterocycles. The number of fused-ring (bicyclic) bond motifs is 13. The topological polar surface area (TPSA) is 26.3 Å². The maximum Gasteiger partial charge on any atom is 0.136 e. The lowest BCUT2D eigenvalue weighted by Crippen LogP contribution is -2.28. The molecule has 0 saturated carbocycles. The molecule has 1 aliphatic carbocycles. The van der Waals surface area contributed by atoms with Gasteiger partial charge in [0.05, 0.1) is 5.41 Å². The van der Waals surface area contributed by atoms with E-state index in [-0.39, 0.29) is 0 Å². The fourth-order valence-electron chi connectivity index (χ4n) is 11.0. The van der Waals surface area contributed by atoms with Gasteiger partial charge in [0.1, 0.15) is 22.3 Å². The van der Waals surface area contributed by atoms with Gasteiger partial charge in [0.2, 0.25) is 0 Å². The van der Waals surface area contributed by atoms with Gasteiger partial charge in [-0.15, -0.1) is 0 Å². The van der Waals surface area contributed by atoms with Crippen LogP contribution in [0.25, 0.3) is 110 Å². The zero-order valence-electron chi connectivity index (χ0n) is 34.1. The molecule has 0 saturated heterocycles. The quantitative estimate of drug-likeness (QED) is 0.177. The standard InChI is InChI=1S/C61H36O2/c1-3-17-44(18-4-1)61(45-19-5-2-6-20-45)54-33-42(41-24-27-56-50(31-41)52-29-37-13-7-9-15-39(37)34-58(52)62-56)23-26-48(54)60-47-22-12-11-21-46(47)49(36-55(60)61)43-25-28-57-51(32-43)53-30-38-14-8-10-16-40(38)35-59(53)63-57/h1-36H. The molecule has 0 spiro atoms. The summed E-state index contributed by atoms with van der Waals surface area (Å²) in [5.74, 6) is 0. The fraction of sp³-hybridized carbons (Fsp3) is 0.0164. The van der Waals surface area contributed by atoms with Gasteiger partial charge in [0.25, 0.3) is 0 Å². The second-order valence-corrected chi connectivity index (χ2v) is 17.2. The number of furan rings is 2. The minimum absolute atomic E-state index is 0.612. The Morgan fingerprint density at radius 3 is 1.33 bits per heavy atom. The first-order valence-electron chi connectivity index (χ1n) is 21.7. The van der Waals surface area contributed by atoms with Crippen molar-refractivity contribution in [3.63, 3.8) is 0 Å². The highest BCUT2D eigenvalue weighted by Gasteiger charge is 2.47. The van der Waals surface area contributed by atoms with Gasteiger partial charge < -0.3 is 8.83 Å². The van der Waals surface area contributed by atoms with Crippen LogP contribution in [0.4, 0.5) is 0 Å². The molecular formula is C61H36O2. The van der Waals surface area contributed by atoms with Crippen LogP contribution in [-0.4, -0.2) is 0 Å². The highest BCUT2D eigenvalue weighted by molar-refractivity contribution is 6.15. The minimum Gasteiger partial charge on any atom is -0.456 e. The summed E-state index contributed by atoms with van der Waals surface area (Å²) in [6.07, 6.45) is 0. The van der Waals surface area contributed by atoms with Crippen molar-refractivity contribution in [3.8, 4) is 33.4 Å². The van der Waals surface area contributed by atoms with E-state index in [1.54, 1.807) is 0 Å². The summed E-state index contributed by atoms with van der Waals surface area (Å²) in [6, 6.07) is 80.2.